The van der Waals surface area contributed by atoms with E-state index in [-0.39, 0.29) is 22.6 Å². The van der Waals surface area contributed by atoms with Crippen molar-refractivity contribution >= 4 is 0 Å². The number of fused-ring (bicyclic) bond motifs is 5. The first-order valence-electron chi connectivity index (χ1n) is 9.30. The fourth-order valence-corrected chi connectivity index (χ4v) is 5.48. The third-order valence-corrected chi connectivity index (χ3v) is 6.80. The average molecular weight is 381 g/mol. The first-order valence-corrected chi connectivity index (χ1v) is 9.30. The minimum Gasteiger partial charge on any atom is -0.261 e. The zero-order valence-corrected chi connectivity index (χ0v) is 15.5. The summed E-state index contributed by atoms with van der Waals surface area (Å²) >= 11 is 0. The second-order valence-corrected chi connectivity index (χ2v) is 8.24. The molecule has 0 N–H and O–H groups in total. The van der Waals surface area contributed by atoms with E-state index < -0.39 is 22.9 Å². The van der Waals surface area contributed by atoms with Crippen molar-refractivity contribution in [3.63, 3.8) is 0 Å². The highest BCUT2D eigenvalue weighted by Crippen LogP contribution is 2.69. The molecule has 2 atom stereocenters. The highest BCUT2D eigenvalue weighted by Gasteiger charge is 2.64. The lowest BCUT2D eigenvalue weighted by Crippen LogP contribution is -2.37. The lowest BCUT2D eigenvalue weighted by atomic mass is 9.65. The molecule has 1 saturated carbocycles. The Morgan fingerprint density at radius 1 is 1.00 bits per heavy atom. The van der Waals surface area contributed by atoms with Crippen LogP contribution in [0.2, 0.25) is 0 Å². The Labute approximate surface area is 160 Å². The third-order valence-electron chi connectivity index (χ3n) is 6.80. The predicted octanol–water partition coefficient (Wildman–Crippen LogP) is 5.16. The number of nitrogens with zero attached hydrogens (tertiary/aromatic N) is 3. The van der Waals surface area contributed by atoms with E-state index in [1.807, 2.05) is 0 Å². The fraction of sp³-hybridized carbons (Fsp3) is 0.318. The van der Waals surface area contributed by atoms with Gasteiger partial charge in [0.2, 0.25) is 0 Å². The molecule has 2 bridgehead atoms. The zero-order chi connectivity index (χ0) is 19.7. The average Bonchev–Trinajstić information content (AvgIpc) is 3.03. The van der Waals surface area contributed by atoms with Gasteiger partial charge < -0.3 is 0 Å². The molecule has 142 valence electrons. The maximum Gasteiger partial charge on any atom is 0.141 e. The highest BCUT2D eigenvalue weighted by molar-refractivity contribution is 5.64. The van der Waals surface area contributed by atoms with Crippen LogP contribution >= 0.6 is 0 Å². The first kappa shape index (κ1) is 17.3. The summed E-state index contributed by atoms with van der Waals surface area (Å²) in [7, 11) is 0. The number of halogens is 3. The molecule has 0 amide bonds. The molecule has 0 spiro atoms. The number of pyridine rings is 1. The van der Waals surface area contributed by atoms with Gasteiger partial charge in [-0.05, 0) is 59.6 Å². The Balaban J connectivity index is 1.74. The van der Waals surface area contributed by atoms with E-state index in [2.05, 4.69) is 29.0 Å². The van der Waals surface area contributed by atoms with Crippen LogP contribution in [0.4, 0.5) is 13.2 Å². The van der Waals surface area contributed by atoms with Crippen molar-refractivity contribution in [1.29, 1.82) is 0 Å². The van der Waals surface area contributed by atoms with Crippen LogP contribution in [0.15, 0.2) is 42.7 Å². The number of rotatable bonds is 2. The summed E-state index contributed by atoms with van der Waals surface area (Å²) in [6.07, 6.45) is 4.58. The van der Waals surface area contributed by atoms with Gasteiger partial charge in [-0.3, -0.25) is 4.98 Å². The molecule has 28 heavy (non-hydrogen) atoms. The van der Waals surface area contributed by atoms with Gasteiger partial charge in [0.05, 0.1) is 23.1 Å². The molecule has 2 aliphatic carbocycles. The maximum absolute atomic E-state index is 14.3. The quantitative estimate of drug-likeness (QED) is 0.616. The van der Waals surface area contributed by atoms with Crippen LogP contribution in [-0.2, 0) is 5.41 Å². The lowest BCUT2D eigenvalue weighted by molar-refractivity contribution is 0.247. The van der Waals surface area contributed by atoms with E-state index in [4.69, 9.17) is 0 Å². The number of hydrogen-bond acceptors (Lipinski definition) is 3. The molecule has 3 aromatic rings. The topological polar surface area (TPSA) is 38.7 Å². The van der Waals surface area contributed by atoms with Gasteiger partial charge in [-0.1, -0.05) is 19.9 Å². The van der Waals surface area contributed by atoms with Gasteiger partial charge in [0.25, 0.3) is 0 Å². The summed E-state index contributed by atoms with van der Waals surface area (Å²) in [4.78, 5) is 4.04. The minimum atomic E-state index is -0.666. The van der Waals surface area contributed by atoms with Crippen LogP contribution in [-0.4, -0.2) is 15.2 Å². The van der Waals surface area contributed by atoms with E-state index in [0.29, 0.717) is 0 Å². The molecule has 0 radical (unpaired) electrons. The van der Waals surface area contributed by atoms with Gasteiger partial charge in [0, 0.05) is 11.6 Å². The molecule has 5 rings (SSSR count). The summed E-state index contributed by atoms with van der Waals surface area (Å²) in [5.74, 6) is -1.58. The molecule has 6 heteroatoms. The highest BCUT2D eigenvalue weighted by atomic mass is 19.1. The van der Waals surface area contributed by atoms with Crippen molar-refractivity contribution in [2.75, 3.05) is 0 Å². The summed E-state index contributed by atoms with van der Waals surface area (Å²) < 4.78 is 42.5. The molecule has 2 aliphatic rings. The normalized spacial score (nSPS) is 24.4. The number of hydrogen-bond donors (Lipinski definition) is 0. The van der Waals surface area contributed by atoms with Gasteiger partial charge >= 0.3 is 0 Å². The summed E-state index contributed by atoms with van der Waals surface area (Å²) in [5.41, 5.74) is 1.74. The molecule has 2 heterocycles. The van der Waals surface area contributed by atoms with Crippen LogP contribution in [0.1, 0.15) is 49.4 Å². The van der Waals surface area contributed by atoms with Crippen molar-refractivity contribution in [2.24, 2.45) is 5.41 Å². The summed E-state index contributed by atoms with van der Waals surface area (Å²) in [6.45, 7) is 4.28. The Morgan fingerprint density at radius 3 is 2.46 bits per heavy atom. The fourth-order valence-electron chi connectivity index (χ4n) is 5.48. The Kier molecular flexibility index (Phi) is 3.49. The van der Waals surface area contributed by atoms with Gasteiger partial charge in [-0.2, -0.15) is 5.10 Å². The first-order chi connectivity index (χ1) is 13.4. The molecule has 3 nitrogen and oxygen atoms in total. The van der Waals surface area contributed by atoms with E-state index in [0.717, 1.165) is 29.7 Å². The third kappa shape index (κ3) is 2.03. The molecule has 2 aromatic heterocycles. The van der Waals surface area contributed by atoms with Crippen molar-refractivity contribution in [1.82, 2.24) is 15.2 Å². The Morgan fingerprint density at radius 2 is 1.75 bits per heavy atom. The predicted molar refractivity (Wildman–Crippen MR) is 98.1 cm³/mol. The Hall–Kier alpha value is -2.76. The molecule has 1 fully saturated rings. The lowest BCUT2D eigenvalue weighted by Gasteiger charge is -2.38. The number of benzene rings is 1. The standard InChI is InChI=1S/C22H18F3N3/c1-21(2)15-6-7-22(21,12-8-13(23)11-26-10-12)20-14(15)9-18(27-28-20)19-16(24)4-3-5-17(19)25/h3-5,8-11,15H,6-7H2,1-2H3/t15-,22-/m0/s1. The van der Waals surface area contributed by atoms with Crippen LogP contribution in [0, 0.1) is 22.9 Å². The second kappa shape index (κ2) is 5.63. The van der Waals surface area contributed by atoms with E-state index in [9.17, 15) is 13.2 Å². The van der Waals surface area contributed by atoms with Crippen LogP contribution in [0.5, 0.6) is 0 Å². The molecule has 0 unspecified atom stereocenters. The summed E-state index contributed by atoms with van der Waals surface area (Å²) in [6, 6.07) is 7.01. The van der Waals surface area contributed by atoms with Crippen molar-refractivity contribution in [3.05, 3.63) is 77.0 Å². The van der Waals surface area contributed by atoms with Crippen LogP contribution in [0.25, 0.3) is 11.3 Å². The number of aromatic nitrogens is 3. The molecular formula is C22H18F3N3. The molecule has 0 aliphatic heterocycles. The minimum absolute atomic E-state index is 0.148. The smallest absolute Gasteiger partial charge is 0.141 e. The monoisotopic (exact) mass is 381 g/mol. The largest absolute Gasteiger partial charge is 0.261 e. The molecule has 0 saturated heterocycles. The van der Waals surface area contributed by atoms with Gasteiger partial charge in [0.1, 0.15) is 17.5 Å². The molecular weight excluding hydrogens is 363 g/mol. The van der Waals surface area contributed by atoms with Gasteiger partial charge in [-0.15, -0.1) is 5.10 Å². The Bertz CT molecular complexity index is 1090. The van der Waals surface area contributed by atoms with E-state index >= 15 is 0 Å². The van der Waals surface area contributed by atoms with E-state index in [1.54, 1.807) is 12.3 Å². The van der Waals surface area contributed by atoms with Crippen molar-refractivity contribution in [3.8, 4) is 11.3 Å². The maximum atomic E-state index is 14.3. The van der Waals surface area contributed by atoms with Gasteiger partial charge in [-0.25, -0.2) is 13.2 Å². The second-order valence-electron chi connectivity index (χ2n) is 8.24. The van der Waals surface area contributed by atoms with Crippen molar-refractivity contribution in [2.45, 2.75) is 38.0 Å². The van der Waals surface area contributed by atoms with Gasteiger partial charge in [0.15, 0.2) is 0 Å². The van der Waals surface area contributed by atoms with Crippen molar-refractivity contribution < 1.29 is 13.2 Å². The zero-order valence-electron chi connectivity index (χ0n) is 15.5. The van der Waals surface area contributed by atoms with E-state index in [1.165, 1.54) is 30.5 Å². The van der Waals surface area contributed by atoms with Crippen LogP contribution in [0.3, 0.4) is 0 Å². The van der Waals surface area contributed by atoms with Crippen LogP contribution < -0.4 is 0 Å². The summed E-state index contributed by atoms with van der Waals surface area (Å²) in [5, 5.41) is 8.62. The SMILES string of the molecule is CC1(C)[C@H]2CC[C@]1(c1cncc(F)c1)c1nnc(-c3c(F)cccc3F)cc12. The molecule has 1 aromatic carbocycles.